The molecule has 1 aromatic carbocycles. The average Bonchev–Trinajstić information content (AvgIpc) is 2.90. The van der Waals surface area contributed by atoms with Crippen LogP contribution in [0, 0.1) is 0 Å². The first kappa shape index (κ1) is 13.3. The van der Waals surface area contributed by atoms with E-state index in [1.165, 1.54) is 16.4 Å². The minimum absolute atomic E-state index is 0.160. The fraction of sp³-hybridized carbons (Fsp3) is 0.417. The van der Waals surface area contributed by atoms with Gasteiger partial charge in [-0.3, -0.25) is 5.43 Å². The number of fused-ring (bicyclic) bond motifs is 1. The van der Waals surface area contributed by atoms with Gasteiger partial charge in [0, 0.05) is 13.1 Å². The third kappa shape index (κ3) is 2.26. The van der Waals surface area contributed by atoms with E-state index in [0.29, 0.717) is 24.2 Å². The molecule has 1 aromatic heterocycles. The molecule has 3 rings (SSSR count). The van der Waals surface area contributed by atoms with Crippen LogP contribution in [0.15, 0.2) is 27.5 Å². The minimum atomic E-state index is -3.45. The molecular weight excluding hydrogens is 280 g/mol. The Morgan fingerprint density at radius 2 is 2.00 bits per heavy atom. The van der Waals surface area contributed by atoms with Crippen molar-refractivity contribution >= 4 is 27.1 Å². The lowest BCUT2D eigenvalue weighted by Gasteiger charge is -2.25. The average molecular weight is 296 g/mol. The molecule has 7 nitrogen and oxygen atoms in total. The van der Waals surface area contributed by atoms with Gasteiger partial charge in [0.05, 0.1) is 4.90 Å². The molecule has 1 saturated heterocycles. The van der Waals surface area contributed by atoms with Crippen molar-refractivity contribution in [2.45, 2.75) is 24.2 Å². The third-order valence-corrected chi connectivity index (χ3v) is 5.33. The maximum atomic E-state index is 12.5. The van der Waals surface area contributed by atoms with Gasteiger partial charge in [-0.1, -0.05) is 6.42 Å². The molecule has 8 heteroatoms. The Morgan fingerprint density at radius 1 is 1.25 bits per heavy atom. The third-order valence-electron chi connectivity index (χ3n) is 3.44. The van der Waals surface area contributed by atoms with Crippen LogP contribution in [0.4, 0.5) is 6.01 Å². The van der Waals surface area contributed by atoms with Crippen LogP contribution in [0.25, 0.3) is 11.1 Å². The van der Waals surface area contributed by atoms with Crippen LogP contribution in [0.5, 0.6) is 0 Å². The smallest absolute Gasteiger partial charge is 0.310 e. The molecule has 0 atom stereocenters. The topological polar surface area (TPSA) is 101 Å². The van der Waals surface area contributed by atoms with Gasteiger partial charge in [-0.25, -0.2) is 14.3 Å². The van der Waals surface area contributed by atoms with Gasteiger partial charge >= 0.3 is 6.01 Å². The Labute approximate surface area is 116 Å². The zero-order valence-corrected chi connectivity index (χ0v) is 11.7. The van der Waals surface area contributed by atoms with Crippen molar-refractivity contribution in [3.8, 4) is 0 Å². The molecule has 1 fully saturated rings. The summed E-state index contributed by atoms with van der Waals surface area (Å²) in [5, 5.41) is 0. The van der Waals surface area contributed by atoms with E-state index in [2.05, 4.69) is 10.4 Å². The number of hydrogen-bond donors (Lipinski definition) is 2. The van der Waals surface area contributed by atoms with Crippen LogP contribution in [-0.2, 0) is 10.0 Å². The first-order valence-electron chi connectivity index (χ1n) is 6.48. The van der Waals surface area contributed by atoms with Crippen LogP contribution in [0.2, 0.25) is 0 Å². The number of hydrazine groups is 1. The second-order valence-electron chi connectivity index (χ2n) is 4.76. The first-order chi connectivity index (χ1) is 9.61. The van der Waals surface area contributed by atoms with Gasteiger partial charge in [-0.15, -0.1) is 0 Å². The lowest BCUT2D eigenvalue weighted by Crippen LogP contribution is -2.35. The van der Waals surface area contributed by atoms with Gasteiger partial charge in [0.15, 0.2) is 5.58 Å². The highest BCUT2D eigenvalue weighted by molar-refractivity contribution is 7.89. The molecule has 0 radical (unpaired) electrons. The second-order valence-corrected chi connectivity index (χ2v) is 6.70. The number of nitrogens with zero attached hydrogens (tertiary/aromatic N) is 2. The number of nitrogens with one attached hydrogen (secondary N) is 1. The minimum Gasteiger partial charge on any atom is -0.423 e. The molecule has 0 amide bonds. The van der Waals surface area contributed by atoms with Gasteiger partial charge in [-0.2, -0.15) is 9.29 Å². The Morgan fingerprint density at radius 3 is 2.70 bits per heavy atom. The highest BCUT2D eigenvalue weighted by atomic mass is 32.2. The Hall–Kier alpha value is -1.64. The van der Waals surface area contributed by atoms with E-state index < -0.39 is 10.0 Å². The molecule has 2 aromatic rings. The number of nitrogen functional groups attached to an aromatic ring is 1. The number of aromatic nitrogens is 1. The highest BCUT2D eigenvalue weighted by Crippen LogP contribution is 2.25. The van der Waals surface area contributed by atoms with Crippen molar-refractivity contribution in [3.05, 3.63) is 18.2 Å². The van der Waals surface area contributed by atoms with Crippen LogP contribution < -0.4 is 11.3 Å². The van der Waals surface area contributed by atoms with Gasteiger partial charge in [0.25, 0.3) is 0 Å². The van der Waals surface area contributed by atoms with Gasteiger partial charge in [0.1, 0.15) is 5.52 Å². The number of hydrogen-bond acceptors (Lipinski definition) is 6. The lowest BCUT2D eigenvalue weighted by molar-refractivity contribution is 0.346. The maximum Gasteiger partial charge on any atom is 0.310 e. The standard InChI is InChI=1S/C12H16N4O3S/c13-15-12-14-10-8-9(4-5-11(10)19-12)20(17,18)16-6-2-1-3-7-16/h4-5,8H,1-3,6-7,13H2,(H,14,15). The number of sulfonamides is 1. The Kier molecular flexibility index (Phi) is 3.36. The molecular formula is C12H16N4O3S. The lowest BCUT2D eigenvalue weighted by atomic mass is 10.2. The van der Waals surface area contributed by atoms with E-state index in [1.807, 2.05) is 0 Å². The largest absolute Gasteiger partial charge is 0.423 e. The van der Waals surface area contributed by atoms with Crippen LogP contribution >= 0.6 is 0 Å². The fourth-order valence-corrected chi connectivity index (χ4v) is 3.92. The monoisotopic (exact) mass is 296 g/mol. The van der Waals surface area contributed by atoms with E-state index in [9.17, 15) is 8.42 Å². The summed E-state index contributed by atoms with van der Waals surface area (Å²) in [6.07, 6.45) is 2.90. The van der Waals surface area contributed by atoms with Crippen molar-refractivity contribution < 1.29 is 12.8 Å². The predicted molar refractivity (Wildman–Crippen MR) is 74.4 cm³/mol. The van der Waals surface area contributed by atoms with Crippen LogP contribution in [0.1, 0.15) is 19.3 Å². The van der Waals surface area contributed by atoms with E-state index in [-0.39, 0.29) is 10.9 Å². The number of oxazole rings is 1. The summed E-state index contributed by atoms with van der Waals surface area (Å²) in [5.41, 5.74) is 3.26. The summed E-state index contributed by atoms with van der Waals surface area (Å²) in [7, 11) is -3.45. The summed E-state index contributed by atoms with van der Waals surface area (Å²) in [6, 6.07) is 4.81. The fourth-order valence-electron chi connectivity index (χ4n) is 2.38. The van der Waals surface area contributed by atoms with Crippen LogP contribution in [-0.4, -0.2) is 30.8 Å². The summed E-state index contributed by atoms with van der Waals surface area (Å²) in [5.74, 6) is 5.22. The van der Waals surface area contributed by atoms with Gasteiger partial charge in [-0.05, 0) is 31.0 Å². The summed E-state index contributed by atoms with van der Waals surface area (Å²) in [6.45, 7) is 1.16. The van der Waals surface area contributed by atoms with Crippen molar-refractivity contribution in [1.82, 2.24) is 9.29 Å². The number of rotatable bonds is 3. The molecule has 0 unspecified atom stereocenters. The van der Waals surface area contributed by atoms with E-state index in [1.54, 1.807) is 6.07 Å². The molecule has 0 bridgehead atoms. The first-order valence-corrected chi connectivity index (χ1v) is 7.92. The number of piperidine rings is 1. The zero-order chi connectivity index (χ0) is 14.2. The van der Waals surface area contributed by atoms with Crippen molar-refractivity contribution in [2.24, 2.45) is 5.84 Å². The SMILES string of the molecule is NNc1nc2cc(S(=O)(=O)N3CCCCC3)ccc2o1. The maximum absolute atomic E-state index is 12.5. The zero-order valence-electron chi connectivity index (χ0n) is 10.9. The summed E-state index contributed by atoms with van der Waals surface area (Å²) in [4.78, 5) is 4.30. The number of nitrogens with two attached hydrogens (primary N) is 1. The normalized spacial score (nSPS) is 17.4. The highest BCUT2D eigenvalue weighted by Gasteiger charge is 2.26. The molecule has 1 aliphatic rings. The van der Waals surface area contributed by atoms with Gasteiger partial charge < -0.3 is 4.42 Å². The molecule has 0 spiro atoms. The van der Waals surface area contributed by atoms with Crippen LogP contribution in [0.3, 0.4) is 0 Å². The van der Waals surface area contributed by atoms with E-state index in [0.717, 1.165) is 19.3 Å². The molecule has 20 heavy (non-hydrogen) atoms. The van der Waals surface area contributed by atoms with E-state index in [4.69, 9.17) is 10.3 Å². The van der Waals surface area contributed by atoms with Gasteiger partial charge in [0.2, 0.25) is 10.0 Å². The summed E-state index contributed by atoms with van der Waals surface area (Å²) < 4.78 is 31.9. The summed E-state index contributed by atoms with van der Waals surface area (Å²) >= 11 is 0. The van der Waals surface area contributed by atoms with E-state index >= 15 is 0 Å². The Balaban J connectivity index is 1.99. The second kappa shape index (κ2) is 5.04. The molecule has 0 saturated carbocycles. The van der Waals surface area contributed by atoms with Crippen molar-refractivity contribution in [1.29, 1.82) is 0 Å². The molecule has 108 valence electrons. The van der Waals surface area contributed by atoms with Crippen molar-refractivity contribution in [2.75, 3.05) is 18.5 Å². The number of anilines is 1. The van der Waals surface area contributed by atoms with Crippen molar-refractivity contribution in [3.63, 3.8) is 0 Å². The molecule has 1 aliphatic heterocycles. The molecule has 3 N–H and O–H groups in total. The number of benzene rings is 1. The Bertz CT molecular complexity index is 719. The molecule has 0 aliphatic carbocycles. The molecule has 2 heterocycles. The predicted octanol–water partition coefficient (Wildman–Crippen LogP) is 1.29. The quantitative estimate of drug-likeness (QED) is 0.653.